The molecule has 0 radical (unpaired) electrons. The predicted octanol–water partition coefficient (Wildman–Crippen LogP) is 0.642. The molecule has 2 rings (SSSR count). The molecular formula is C10H18N2O. The van der Waals surface area contributed by atoms with Crippen molar-refractivity contribution in [3.8, 4) is 0 Å². The minimum atomic E-state index is 0.250. The number of nitrogens with one attached hydrogen (secondary N) is 1. The van der Waals surface area contributed by atoms with Crippen molar-refractivity contribution in [3.63, 3.8) is 0 Å². The summed E-state index contributed by atoms with van der Waals surface area (Å²) in [6.45, 7) is 1.52. The van der Waals surface area contributed by atoms with Crippen LogP contribution in [0.1, 0.15) is 32.1 Å². The second-order valence-electron chi connectivity index (χ2n) is 4.55. The summed E-state index contributed by atoms with van der Waals surface area (Å²) < 4.78 is 0. The lowest BCUT2D eigenvalue weighted by molar-refractivity contribution is -0.123. The lowest BCUT2D eigenvalue weighted by atomic mass is 9.69. The molecule has 13 heavy (non-hydrogen) atoms. The van der Waals surface area contributed by atoms with Crippen molar-refractivity contribution in [1.29, 1.82) is 0 Å². The fourth-order valence-electron chi connectivity index (χ4n) is 1.89. The highest BCUT2D eigenvalue weighted by molar-refractivity contribution is 5.80. The van der Waals surface area contributed by atoms with Gasteiger partial charge in [-0.05, 0) is 37.6 Å². The van der Waals surface area contributed by atoms with E-state index in [0.717, 1.165) is 25.9 Å². The molecule has 3 N–H and O–H groups in total. The van der Waals surface area contributed by atoms with Crippen LogP contribution in [-0.2, 0) is 4.79 Å². The highest BCUT2D eigenvalue weighted by Crippen LogP contribution is 2.39. The van der Waals surface area contributed by atoms with Crippen LogP contribution in [0.5, 0.6) is 0 Å². The first-order chi connectivity index (χ1) is 6.26. The second kappa shape index (κ2) is 3.29. The van der Waals surface area contributed by atoms with E-state index in [0.29, 0.717) is 5.92 Å². The molecule has 1 amide bonds. The van der Waals surface area contributed by atoms with Crippen LogP contribution in [0, 0.1) is 11.3 Å². The topological polar surface area (TPSA) is 55.1 Å². The van der Waals surface area contributed by atoms with Crippen molar-refractivity contribution >= 4 is 5.91 Å². The van der Waals surface area contributed by atoms with Crippen LogP contribution in [0.15, 0.2) is 0 Å². The molecule has 74 valence electrons. The van der Waals surface area contributed by atoms with Gasteiger partial charge in [0.25, 0.3) is 0 Å². The molecule has 0 unspecified atom stereocenters. The lowest BCUT2D eigenvalue weighted by Gasteiger charge is -2.41. The van der Waals surface area contributed by atoms with Crippen LogP contribution < -0.4 is 11.1 Å². The van der Waals surface area contributed by atoms with Crippen LogP contribution in [0.3, 0.4) is 0 Å². The van der Waals surface area contributed by atoms with Gasteiger partial charge in [0.1, 0.15) is 0 Å². The molecule has 2 fully saturated rings. The van der Waals surface area contributed by atoms with E-state index in [4.69, 9.17) is 5.73 Å². The van der Waals surface area contributed by atoms with Gasteiger partial charge in [0, 0.05) is 12.5 Å². The zero-order valence-corrected chi connectivity index (χ0v) is 8.01. The van der Waals surface area contributed by atoms with E-state index in [-0.39, 0.29) is 11.3 Å². The summed E-state index contributed by atoms with van der Waals surface area (Å²) in [5.74, 6) is 0.578. The first kappa shape index (κ1) is 9.00. The molecule has 2 aliphatic carbocycles. The number of rotatable bonds is 4. The molecule has 0 bridgehead atoms. The van der Waals surface area contributed by atoms with Crippen LogP contribution in [0.4, 0.5) is 0 Å². The number of nitrogens with two attached hydrogens (primary N) is 1. The monoisotopic (exact) mass is 182 g/mol. The van der Waals surface area contributed by atoms with Gasteiger partial charge in [-0.15, -0.1) is 0 Å². The lowest BCUT2D eigenvalue weighted by Crippen LogP contribution is -2.47. The van der Waals surface area contributed by atoms with Gasteiger partial charge in [0.2, 0.25) is 5.91 Å². The van der Waals surface area contributed by atoms with Crippen LogP contribution in [0.25, 0.3) is 0 Å². The molecule has 0 aromatic carbocycles. The Morgan fingerprint density at radius 1 is 1.46 bits per heavy atom. The molecule has 0 heterocycles. The Bertz CT molecular complexity index is 201. The third-order valence-electron chi connectivity index (χ3n) is 3.43. The summed E-state index contributed by atoms with van der Waals surface area (Å²) in [5.41, 5.74) is 5.95. The van der Waals surface area contributed by atoms with E-state index in [1.807, 2.05) is 0 Å². The molecule has 0 spiro atoms. The van der Waals surface area contributed by atoms with Crippen LogP contribution in [-0.4, -0.2) is 19.0 Å². The van der Waals surface area contributed by atoms with E-state index in [2.05, 4.69) is 5.32 Å². The molecule has 3 nitrogen and oxygen atoms in total. The molecule has 0 aromatic rings. The van der Waals surface area contributed by atoms with Crippen molar-refractivity contribution in [2.24, 2.45) is 17.1 Å². The number of carbonyl (C=O) groups excluding carboxylic acids is 1. The Hall–Kier alpha value is -0.570. The zero-order valence-electron chi connectivity index (χ0n) is 8.01. The molecule has 0 saturated heterocycles. The summed E-state index contributed by atoms with van der Waals surface area (Å²) in [5, 5.41) is 3.02. The van der Waals surface area contributed by atoms with E-state index in [1.54, 1.807) is 0 Å². The standard InChI is InChI=1S/C10H18N2O/c11-6-10(4-1-5-10)7-12-9(13)8-2-3-8/h8H,1-7,11H2,(H,12,13). The molecule has 0 aliphatic heterocycles. The molecule has 0 aromatic heterocycles. The fourth-order valence-corrected chi connectivity index (χ4v) is 1.89. The summed E-state index contributed by atoms with van der Waals surface area (Å²) in [7, 11) is 0. The maximum Gasteiger partial charge on any atom is 0.223 e. The van der Waals surface area contributed by atoms with E-state index >= 15 is 0 Å². The van der Waals surface area contributed by atoms with Gasteiger partial charge in [-0.25, -0.2) is 0 Å². The molecular weight excluding hydrogens is 164 g/mol. The maximum atomic E-state index is 11.4. The fraction of sp³-hybridized carbons (Fsp3) is 0.900. The Morgan fingerprint density at radius 3 is 2.54 bits per heavy atom. The third kappa shape index (κ3) is 1.85. The molecule has 0 atom stereocenters. The maximum absolute atomic E-state index is 11.4. The zero-order chi connectivity index (χ0) is 9.31. The average Bonchev–Trinajstić information content (AvgIpc) is 2.85. The Kier molecular flexibility index (Phi) is 2.28. The number of hydrogen-bond donors (Lipinski definition) is 2. The number of carbonyl (C=O) groups is 1. The quantitative estimate of drug-likeness (QED) is 0.670. The van der Waals surface area contributed by atoms with Crippen LogP contribution in [0.2, 0.25) is 0 Å². The van der Waals surface area contributed by atoms with Gasteiger partial charge in [0.15, 0.2) is 0 Å². The van der Waals surface area contributed by atoms with Gasteiger partial charge in [-0.3, -0.25) is 4.79 Å². The van der Waals surface area contributed by atoms with E-state index in [1.165, 1.54) is 19.3 Å². The normalized spacial score (nSPS) is 25.0. The van der Waals surface area contributed by atoms with Gasteiger partial charge < -0.3 is 11.1 Å². The predicted molar refractivity (Wildman–Crippen MR) is 51.1 cm³/mol. The minimum absolute atomic E-state index is 0.250. The molecule has 3 heteroatoms. The van der Waals surface area contributed by atoms with Crippen molar-refractivity contribution < 1.29 is 4.79 Å². The number of hydrogen-bond acceptors (Lipinski definition) is 2. The minimum Gasteiger partial charge on any atom is -0.355 e. The first-order valence-corrected chi connectivity index (χ1v) is 5.24. The van der Waals surface area contributed by atoms with E-state index < -0.39 is 0 Å². The summed E-state index contributed by atoms with van der Waals surface area (Å²) in [6.07, 6.45) is 5.82. The highest BCUT2D eigenvalue weighted by Gasteiger charge is 2.37. The van der Waals surface area contributed by atoms with Crippen molar-refractivity contribution in [3.05, 3.63) is 0 Å². The Balaban J connectivity index is 1.73. The highest BCUT2D eigenvalue weighted by atomic mass is 16.2. The molecule has 2 saturated carbocycles. The number of amides is 1. The second-order valence-corrected chi connectivity index (χ2v) is 4.55. The third-order valence-corrected chi connectivity index (χ3v) is 3.43. The van der Waals surface area contributed by atoms with Gasteiger partial charge in [-0.2, -0.15) is 0 Å². The summed E-state index contributed by atoms with van der Waals surface area (Å²) in [6, 6.07) is 0. The van der Waals surface area contributed by atoms with Gasteiger partial charge in [-0.1, -0.05) is 6.42 Å². The average molecular weight is 182 g/mol. The van der Waals surface area contributed by atoms with Gasteiger partial charge in [0.05, 0.1) is 0 Å². The van der Waals surface area contributed by atoms with Crippen molar-refractivity contribution in [1.82, 2.24) is 5.32 Å². The SMILES string of the molecule is NCC1(CNC(=O)C2CC2)CCC1. The van der Waals surface area contributed by atoms with Gasteiger partial charge >= 0.3 is 0 Å². The Morgan fingerprint density at radius 2 is 2.15 bits per heavy atom. The summed E-state index contributed by atoms with van der Waals surface area (Å²) in [4.78, 5) is 11.4. The molecule has 2 aliphatic rings. The van der Waals surface area contributed by atoms with Crippen molar-refractivity contribution in [2.75, 3.05) is 13.1 Å². The van der Waals surface area contributed by atoms with Crippen LogP contribution >= 0.6 is 0 Å². The summed E-state index contributed by atoms with van der Waals surface area (Å²) >= 11 is 0. The van der Waals surface area contributed by atoms with E-state index in [9.17, 15) is 4.79 Å². The van der Waals surface area contributed by atoms with Crippen molar-refractivity contribution in [2.45, 2.75) is 32.1 Å². The smallest absolute Gasteiger partial charge is 0.223 e. The Labute approximate surface area is 79.1 Å². The first-order valence-electron chi connectivity index (χ1n) is 5.24. The largest absolute Gasteiger partial charge is 0.355 e.